The Kier molecular flexibility index (Phi) is 5.72. The molecule has 3 aromatic carbocycles. The molecule has 0 saturated carbocycles. The van der Waals surface area contributed by atoms with Gasteiger partial charge in [0.05, 0.1) is 12.2 Å². The summed E-state index contributed by atoms with van der Waals surface area (Å²) >= 11 is 0. The fraction of sp³-hybridized carbons (Fsp3) is 0.148. The van der Waals surface area contributed by atoms with Crippen molar-refractivity contribution in [3.05, 3.63) is 112 Å². The zero-order chi connectivity index (χ0) is 22.6. The summed E-state index contributed by atoms with van der Waals surface area (Å²) in [4.78, 5) is 32.9. The second-order valence-electron chi connectivity index (χ2n) is 8.00. The highest BCUT2D eigenvalue weighted by molar-refractivity contribution is 5.94. The zero-order valence-electron chi connectivity index (χ0n) is 18.0. The Morgan fingerprint density at radius 2 is 1.58 bits per heavy atom. The summed E-state index contributed by atoms with van der Waals surface area (Å²) in [6.45, 7) is 0.573. The maximum atomic E-state index is 13.0. The minimum atomic E-state index is -0.367. The summed E-state index contributed by atoms with van der Waals surface area (Å²) in [5.74, 6) is 0.979. The smallest absolute Gasteiger partial charge is 0.257 e. The van der Waals surface area contributed by atoms with Gasteiger partial charge in [-0.25, -0.2) is 4.98 Å². The van der Waals surface area contributed by atoms with E-state index in [0.717, 1.165) is 23.3 Å². The third-order valence-corrected chi connectivity index (χ3v) is 5.78. The first-order valence-electron chi connectivity index (χ1n) is 10.9. The Bertz CT molecular complexity index is 1320. The number of H-pyrrole nitrogens is 1. The van der Waals surface area contributed by atoms with Gasteiger partial charge in [0, 0.05) is 24.3 Å². The highest BCUT2D eigenvalue weighted by Crippen LogP contribution is 2.35. The van der Waals surface area contributed by atoms with E-state index in [1.165, 1.54) is 5.56 Å². The van der Waals surface area contributed by atoms with Crippen LogP contribution in [0.3, 0.4) is 0 Å². The molecule has 0 fully saturated rings. The number of nitrogens with zero attached hydrogens (tertiary/aromatic N) is 1. The molecule has 33 heavy (non-hydrogen) atoms. The molecule has 0 spiro atoms. The average Bonchev–Trinajstić information content (AvgIpc) is 2.85. The summed E-state index contributed by atoms with van der Waals surface area (Å²) in [5.41, 5.74) is 3.12. The number of hydrogen-bond acceptors (Lipinski definition) is 4. The lowest BCUT2D eigenvalue weighted by Gasteiger charge is -2.24. The molecule has 0 bridgehead atoms. The molecule has 2 N–H and O–H groups in total. The topological polar surface area (TPSA) is 84.1 Å². The molecule has 1 amide bonds. The summed E-state index contributed by atoms with van der Waals surface area (Å²) in [5, 5.41) is 2.77. The number of nitrogens with one attached hydrogen (secondary N) is 2. The van der Waals surface area contributed by atoms with Crippen LogP contribution in [0.4, 0.5) is 5.82 Å². The van der Waals surface area contributed by atoms with Crippen molar-refractivity contribution in [3.8, 4) is 17.1 Å². The van der Waals surface area contributed by atoms with Crippen LogP contribution in [0.5, 0.6) is 5.75 Å². The fourth-order valence-electron chi connectivity index (χ4n) is 4.12. The number of carbonyl (C=O) groups is 1. The van der Waals surface area contributed by atoms with Crippen LogP contribution < -0.4 is 15.6 Å². The molecular weight excluding hydrogens is 414 g/mol. The van der Waals surface area contributed by atoms with Crippen LogP contribution in [0.2, 0.25) is 0 Å². The van der Waals surface area contributed by atoms with Gasteiger partial charge in [0.15, 0.2) is 0 Å². The molecule has 164 valence electrons. The number of aromatic amines is 1. The molecule has 0 radical (unpaired) electrons. The molecule has 4 aromatic rings. The Labute approximate surface area is 191 Å². The summed E-state index contributed by atoms with van der Waals surface area (Å²) in [7, 11) is 0. The van der Waals surface area contributed by atoms with Gasteiger partial charge in [-0.2, -0.15) is 0 Å². The van der Waals surface area contributed by atoms with E-state index in [2.05, 4.69) is 27.4 Å². The van der Waals surface area contributed by atoms with E-state index in [1.807, 2.05) is 72.8 Å². The maximum Gasteiger partial charge on any atom is 0.257 e. The van der Waals surface area contributed by atoms with Crippen LogP contribution >= 0.6 is 0 Å². The van der Waals surface area contributed by atoms with Gasteiger partial charge >= 0.3 is 0 Å². The number of anilines is 1. The molecule has 0 aliphatic carbocycles. The fourth-order valence-corrected chi connectivity index (χ4v) is 4.12. The maximum absolute atomic E-state index is 13.0. The number of carbonyl (C=O) groups excluding carboxylic acids is 1. The van der Waals surface area contributed by atoms with Crippen LogP contribution in [-0.4, -0.2) is 22.5 Å². The van der Waals surface area contributed by atoms with Crippen LogP contribution in [0.25, 0.3) is 11.4 Å². The van der Waals surface area contributed by atoms with Crippen molar-refractivity contribution in [1.29, 1.82) is 0 Å². The quantitative estimate of drug-likeness (QED) is 0.464. The largest absolute Gasteiger partial charge is 0.493 e. The van der Waals surface area contributed by atoms with Gasteiger partial charge < -0.3 is 15.0 Å². The molecule has 1 aliphatic rings. The van der Waals surface area contributed by atoms with Crippen molar-refractivity contribution in [1.82, 2.24) is 9.97 Å². The van der Waals surface area contributed by atoms with Crippen LogP contribution in [0.1, 0.15) is 29.0 Å². The standard InChI is InChI=1S/C27H23N3O3/c31-23-17-22(19-11-13-21(14-12-19)33-16-15-18-7-3-1-4-8-18)24-26(28-23)29-25(30-27(24)32)20-9-5-2-6-10-20/h1-14,22H,15-17H2,(H2,28,29,30,31,32)/t22-/m0/s1. The van der Waals surface area contributed by atoms with Crippen molar-refractivity contribution in [3.63, 3.8) is 0 Å². The van der Waals surface area contributed by atoms with Crippen molar-refractivity contribution in [2.45, 2.75) is 18.8 Å². The van der Waals surface area contributed by atoms with Gasteiger partial charge in [0.25, 0.3) is 5.56 Å². The lowest BCUT2D eigenvalue weighted by Crippen LogP contribution is -2.31. The first-order valence-corrected chi connectivity index (χ1v) is 10.9. The van der Waals surface area contributed by atoms with Gasteiger partial charge in [-0.05, 0) is 23.3 Å². The number of fused-ring (bicyclic) bond motifs is 1. The second-order valence-corrected chi connectivity index (χ2v) is 8.00. The molecule has 0 unspecified atom stereocenters. The van der Waals surface area contributed by atoms with E-state index in [-0.39, 0.29) is 23.8 Å². The Morgan fingerprint density at radius 1 is 0.879 bits per heavy atom. The predicted octanol–water partition coefficient (Wildman–Crippen LogP) is 4.53. The SMILES string of the molecule is O=C1C[C@@H](c2ccc(OCCc3ccccc3)cc2)c2c(nc(-c3ccccc3)[nH]c2=O)N1. The Hall–Kier alpha value is -4.19. The number of benzene rings is 3. The lowest BCUT2D eigenvalue weighted by atomic mass is 9.87. The monoisotopic (exact) mass is 437 g/mol. The number of ether oxygens (including phenoxy) is 1. The van der Waals surface area contributed by atoms with Crippen molar-refractivity contribution in [2.24, 2.45) is 0 Å². The third-order valence-electron chi connectivity index (χ3n) is 5.78. The van der Waals surface area contributed by atoms with Gasteiger partial charge in [-0.1, -0.05) is 72.8 Å². The first kappa shape index (κ1) is 20.7. The predicted molar refractivity (Wildman–Crippen MR) is 127 cm³/mol. The third kappa shape index (κ3) is 4.55. The Balaban J connectivity index is 1.37. The molecule has 6 heteroatoms. The highest BCUT2D eigenvalue weighted by Gasteiger charge is 2.31. The summed E-state index contributed by atoms with van der Waals surface area (Å²) in [6.07, 6.45) is 1.01. The molecule has 0 saturated heterocycles. The molecule has 1 aliphatic heterocycles. The van der Waals surface area contributed by atoms with E-state index in [4.69, 9.17) is 4.74 Å². The highest BCUT2D eigenvalue weighted by atomic mass is 16.5. The van der Waals surface area contributed by atoms with Crippen molar-refractivity contribution < 1.29 is 9.53 Å². The lowest BCUT2D eigenvalue weighted by molar-refractivity contribution is -0.116. The minimum absolute atomic E-state index is 0.159. The Morgan fingerprint density at radius 3 is 2.30 bits per heavy atom. The molecule has 6 nitrogen and oxygen atoms in total. The van der Waals surface area contributed by atoms with E-state index >= 15 is 0 Å². The molecule has 5 rings (SSSR count). The number of aromatic nitrogens is 2. The molecular formula is C27H23N3O3. The number of hydrogen-bond donors (Lipinski definition) is 2. The summed E-state index contributed by atoms with van der Waals surface area (Å²) < 4.78 is 5.87. The van der Waals surface area contributed by atoms with Crippen LogP contribution in [0.15, 0.2) is 89.7 Å². The second kappa shape index (κ2) is 9.12. The normalized spacial score (nSPS) is 14.9. The van der Waals surface area contributed by atoms with E-state index < -0.39 is 0 Å². The number of amides is 1. The molecule has 1 atom stereocenters. The van der Waals surface area contributed by atoms with Crippen molar-refractivity contribution >= 4 is 11.7 Å². The molecule has 2 heterocycles. The van der Waals surface area contributed by atoms with Gasteiger partial charge in [0.1, 0.15) is 17.4 Å². The average molecular weight is 437 g/mol. The first-order chi connectivity index (χ1) is 16.2. The van der Waals surface area contributed by atoms with E-state index in [0.29, 0.717) is 23.8 Å². The summed E-state index contributed by atoms with van der Waals surface area (Å²) in [6, 6.07) is 27.1. The van der Waals surface area contributed by atoms with E-state index in [1.54, 1.807) is 0 Å². The van der Waals surface area contributed by atoms with Crippen LogP contribution in [-0.2, 0) is 11.2 Å². The molecule has 1 aromatic heterocycles. The van der Waals surface area contributed by atoms with Gasteiger partial charge in [-0.15, -0.1) is 0 Å². The zero-order valence-corrected chi connectivity index (χ0v) is 18.0. The van der Waals surface area contributed by atoms with Gasteiger partial charge in [0.2, 0.25) is 5.91 Å². The van der Waals surface area contributed by atoms with Gasteiger partial charge in [-0.3, -0.25) is 9.59 Å². The number of rotatable bonds is 6. The minimum Gasteiger partial charge on any atom is -0.493 e. The van der Waals surface area contributed by atoms with Crippen LogP contribution in [0, 0.1) is 0 Å². The van der Waals surface area contributed by atoms with E-state index in [9.17, 15) is 9.59 Å². The van der Waals surface area contributed by atoms with Crippen molar-refractivity contribution in [2.75, 3.05) is 11.9 Å².